The predicted molar refractivity (Wildman–Crippen MR) is 93.4 cm³/mol. The van der Waals surface area contributed by atoms with E-state index in [1.165, 1.54) is 31.9 Å². The van der Waals surface area contributed by atoms with Gasteiger partial charge in [0.05, 0.1) is 6.61 Å². The lowest BCUT2D eigenvalue weighted by atomic mass is 10.1. The van der Waals surface area contributed by atoms with Gasteiger partial charge >= 0.3 is 0 Å². The second kappa shape index (κ2) is 9.31. The lowest BCUT2D eigenvalue weighted by Crippen LogP contribution is -2.02. The Balaban J connectivity index is 1.84. The zero-order valence-corrected chi connectivity index (χ0v) is 14.2. The van der Waals surface area contributed by atoms with Crippen molar-refractivity contribution >= 4 is 17.4 Å². The molecule has 23 heavy (non-hydrogen) atoms. The molecule has 2 aromatic rings. The Morgan fingerprint density at radius 3 is 2.35 bits per heavy atom. The van der Waals surface area contributed by atoms with Gasteiger partial charge in [0.1, 0.15) is 10.9 Å². The number of hydrogen-bond donors (Lipinski definition) is 0. The SMILES string of the molecule is CCCCCCCOc1ccc(C(=O)c2ccc(Cl)nc2)cc1. The number of hydrogen-bond acceptors (Lipinski definition) is 3. The van der Waals surface area contributed by atoms with Gasteiger partial charge in [0, 0.05) is 17.3 Å². The average molecular weight is 332 g/mol. The van der Waals surface area contributed by atoms with Crippen molar-refractivity contribution in [2.45, 2.75) is 39.0 Å². The van der Waals surface area contributed by atoms with Gasteiger partial charge in [0.2, 0.25) is 0 Å². The Labute approximate surface area is 142 Å². The molecule has 0 fully saturated rings. The highest BCUT2D eigenvalue weighted by atomic mass is 35.5. The number of rotatable bonds is 9. The van der Waals surface area contributed by atoms with Crippen molar-refractivity contribution in [2.75, 3.05) is 6.61 Å². The molecule has 0 radical (unpaired) electrons. The summed E-state index contributed by atoms with van der Waals surface area (Å²) in [5.74, 6) is 0.728. The number of aromatic nitrogens is 1. The number of pyridine rings is 1. The Morgan fingerprint density at radius 2 is 1.70 bits per heavy atom. The fraction of sp³-hybridized carbons (Fsp3) is 0.368. The topological polar surface area (TPSA) is 39.2 Å². The first-order chi connectivity index (χ1) is 11.2. The van der Waals surface area contributed by atoms with Crippen LogP contribution in [0, 0.1) is 0 Å². The van der Waals surface area contributed by atoms with Crippen LogP contribution < -0.4 is 4.74 Å². The minimum absolute atomic E-state index is 0.0692. The number of carbonyl (C=O) groups excluding carboxylic acids is 1. The molecule has 0 unspecified atom stereocenters. The summed E-state index contributed by atoms with van der Waals surface area (Å²) in [5.41, 5.74) is 1.14. The summed E-state index contributed by atoms with van der Waals surface area (Å²) in [5, 5.41) is 0.379. The summed E-state index contributed by atoms with van der Waals surface area (Å²) >= 11 is 5.73. The van der Waals surface area contributed by atoms with Crippen molar-refractivity contribution < 1.29 is 9.53 Å². The fourth-order valence-electron chi connectivity index (χ4n) is 2.27. The summed E-state index contributed by atoms with van der Waals surface area (Å²) < 4.78 is 5.70. The molecule has 2 rings (SSSR count). The van der Waals surface area contributed by atoms with E-state index in [2.05, 4.69) is 11.9 Å². The van der Waals surface area contributed by atoms with E-state index >= 15 is 0 Å². The van der Waals surface area contributed by atoms with E-state index < -0.39 is 0 Å². The van der Waals surface area contributed by atoms with Gasteiger partial charge in [-0.2, -0.15) is 0 Å². The molecule has 1 heterocycles. The van der Waals surface area contributed by atoms with E-state index in [1.807, 2.05) is 12.1 Å². The lowest BCUT2D eigenvalue weighted by molar-refractivity contribution is 0.103. The van der Waals surface area contributed by atoms with Crippen molar-refractivity contribution in [1.82, 2.24) is 4.98 Å². The molecule has 0 aliphatic heterocycles. The maximum Gasteiger partial charge on any atom is 0.194 e. The van der Waals surface area contributed by atoms with Crippen LogP contribution in [0.15, 0.2) is 42.6 Å². The second-order valence-corrected chi connectivity index (χ2v) is 5.87. The third kappa shape index (κ3) is 5.68. The van der Waals surface area contributed by atoms with E-state index in [0.717, 1.165) is 18.8 Å². The van der Waals surface area contributed by atoms with Crippen LogP contribution in [0.3, 0.4) is 0 Å². The van der Waals surface area contributed by atoms with Crippen LogP contribution in [-0.2, 0) is 0 Å². The van der Waals surface area contributed by atoms with Gasteiger partial charge in [-0.25, -0.2) is 4.98 Å². The normalized spacial score (nSPS) is 10.5. The first kappa shape index (κ1) is 17.5. The minimum atomic E-state index is -0.0692. The maximum atomic E-state index is 12.3. The van der Waals surface area contributed by atoms with E-state index in [0.29, 0.717) is 16.3 Å². The highest BCUT2D eigenvalue weighted by Gasteiger charge is 2.09. The molecule has 0 bridgehead atoms. The lowest BCUT2D eigenvalue weighted by Gasteiger charge is -2.07. The summed E-state index contributed by atoms with van der Waals surface area (Å²) in [6.45, 7) is 2.93. The van der Waals surface area contributed by atoms with Gasteiger partial charge in [-0.3, -0.25) is 4.79 Å². The van der Waals surface area contributed by atoms with E-state index in [9.17, 15) is 4.79 Å². The fourth-order valence-corrected chi connectivity index (χ4v) is 2.39. The first-order valence-corrected chi connectivity index (χ1v) is 8.47. The van der Waals surface area contributed by atoms with Crippen molar-refractivity contribution in [3.05, 3.63) is 58.9 Å². The molecule has 0 N–H and O–H groups in total. The van der Waals surface area contributed by atoms with Crippen molar-refractivity contribution in [3.8, 4) is 5.75 Å². The van der Waals surface area contributed by atoms with E-state index in [-0.39, 0.29) is 5.78 Å². The summed E-state index contributed by atoms with van der Waals surface area (Å²) in [6, 6.07) is 10.5. The molecule has 0 aliphatic carbocycles. The molecular formula is C19H22ClNO2. The molecule has 0 saturated heterocycles. The third-order valence-electron chi connectivity index (χ3n) is 3.62. The Hall–Kier alpha value is -1.87. The number of halogens is 1. The Bertz CT molecular complexity index is 608. The van der Waals surface area contributed by atoms with Crippen LogP contribution in [0.4, 0.5) is 0 Å². The quantitative estimate of drug-likeness (QED) is 0.355. The number of nitrogens with zero attached hydrogens (tertiary/aromatic N) is 1. The molecule has 0 atom stereocenters. The molecule has 0 aliphatic rings. The largest absolute Gasteiger partial charge is 0.494 e. The van der Waals surface area contributed by atoms with E-state index in [1.54, 1.807) is 24.3 Å². The molecule has 3 nitrogen and oxygen atoms in total. The van der Waals surface area contributed by atoms with Gasteiger partial charge in [-0.15, -0.1) is 0 Å². The second-order valence-electron chi connectivity index (χ2n) is 5.49. The number of benzene rings is 1. The zero-order valence-electron chi connectivity index (χ0n) is 13.4. The van der Waals surface area contributed by atoms with Gasteiger partial charge in [-0.05, 0) is 42.8 Å². The number of ketones is 1. The first-order valence-electron chi connectivity index (χ1n) is 8.10. The van der Waals surface area contributed by atoms with Crippen LogP contribution in [0.25, 0.3) is 0 Å². The zero-order chi connectivity index (χ0) is 16.5. The number of carbonyl (C=O) groups is 1. The molecule has 0 saturated carbocycles. The number of unbranched alkanes of at least 4 members (excludes halogenated alkanes) is 4. The summed E-state index contributed by atoms with van der Waals surface area (Å²) in [6.07, 6.45) is 7.56. The monoisotopic (exact) mass is 331 g/mol. The Morgan fingerprint density at radius 1 is 1.00 bits per heavy atom. The van der Waals surface area contributed by atoms with E-state index in [4.69, 9.17) is 16.3 Å². The number of ether oxygens (including phenoxy) is 1. The summed E-state index contributed by atoms with van der Waals surface area (Å²) in [4.78, 5) is 16.2. The van der Waals surface area contributed by atoms with Crippen LogP contribution in [0.5, 0.6) is 5.75 Å². The molecule has 0 spiro atoms. The molecule has 1 aromatic carbocycles. The summed E-state index contributed by atoms with van der Waals surface area (Å²) in [7, 11) is 0. The molecular weight excluding hydrogens is 310 g/mol. The molecule has 0 amide bonds. The van der Waals surface area contributed by atoms with Crippen LogP contribution in [0.1, 0.15) is 54.9 Å². The van der Waals surface area contributed by atoms with Crippen molar-refractivity contribution in [2.24, 2.45) is 0 Å². The standard InChI is InChI=1S/C19H22ClNO2/c1-2-3-4-5-6-13-23-17-10-7-15(8-11-17)19(22)16-9-12-18(20)21-14-16/h7-12,14H,2-6,13H2,1H3. The van der Waals surface area contributed by atoms with Gasteiger partial charge < -0.3 is 4.74 Å². The third-order valence-corrected chi connectivity index (χ3v) is 3.85. The maximum absolute atomic E-state index is 12.3. The minimum Gasteiger partial charge on any atom is -0.494 e. The highest BCUT2D eigenvalue weighted by molar-refractivity contribution is 6.29. The van der Waals surface area contributed by atoms with Crippen molar-refractivity contribution in [1.29, 1.82) is 0 Å². The van der Waals surface area contributed by atoms with Crippen LogP contribution in [-0.4, -0.2) is 17.4 Å². The van der Waals surface area contributed by atoms with Crippen LogP contribution in [0.2, 0.25) is 5.15 Å². The Kier molecular flexibility index (Phi) is 7.08. The van der Waals surface area contributed by atoms with Crippen molar-refractivity contribution in [3.63, 3.8) is 0 Å². The average Bonchev–Trinajstić information content (AvgIpc) is 2.58. The van der Waals surface area contributed by atoms with Gasteiger partial charge in [0.15, 0.2) is 5.78 Å². The highest BCUT2D eigenvalue weighted by Crippen LogP contribution is 2.16. The molecule has 122 valence electrons. The van der Waals surface area contributed by atoms with Gasteiger partial charge in [-0.1, -0.05) is 44.2 Å². The smallest absolute Gasteiger partial charge is 0.194 e. The molecule has 4 heteroatoms. The van der Waals surface area contributed by atoms with Gasteiger partial charge in [0.25, 0.3) is 0 Å². The van der Waals surface area contributed by atoms with Crippen LogP contribution >= 0.6 is 11.6 Å². The predicted octanol–water partition coefficient (Wildman–Crippen LogP) is 5.32. The molecule has 1 aromatic heterocycles.